The van der Waals surface area contributed by atoms with Crippen LogP contribution in [0, 0.1) is 13.8 Å². The third kappa shape index (κ3) is 3.15. The van der Waals surface area contributed by atoms with Crippen molar-refractivity contribution in [2.45, 2.75) is 20.5 Å². The van der Waals surface area contributed by atoms with Gasteiger partial charge in [-0.1, -0.05) is 12.1 Å². The number of rotatable bonds is 5. The molecule has 20 heavy (non-hydrogen) atoms. The van der Waals surface area contributed by atoms with Crippen molar-refractivity contribution < 1.29 is 14.3 Å². The normalized spacial score (nSPS) is 10.2. The van der Waals surface area contributed by atoms with Gasteiger partial charge in [-0.25, -0.2) is 0 Å². The van der Waals surface area contributed by atoms with Crippen LogP contribution in [0.4, 0.5) is 0 Å². The van der Waals surface area contributed by atoms with Crippen molar-refractivity contribution in [3.63, 3.8) is 0 Å². The van der Waals surface area contributed by atoms with Crippen molar-refractivity contribution in [1.82, 2.24) is 4.98 Å². The van der Waals surface area contributed by atoms with Crippen LogP contribution in [0.1, 0.15) is 27.3 Å². The molecule has 0 aliphatic rings. The van der Waals surface area contributed by atoms with Crippen LogP contribution in [-0.4, -0.2) is 18.4 Å². The number of carbonyl (C=O) groups is 1. The summed E-state index contributed by atoms with van der Waals surface area (Å²) in [5, 5.41) is 0. The monoisotopic (exact) mass is 271 g/mol. The molecule has 0 N–H and O–H groups in total. The number of hydrogen-bond acceptors (Lipinski definition) is 4. The molecule has 2 aromatic rings. The molecule has 1 aromatic carbocycles. The zero-order valence-electron chi connectivity index (χ0n) is 11.8. The highest BCUT2D eigenvalue weighted by atomic mass is 16.5. The molecule has 0 aliphatic heterocycles. The van der Waals surface area contributed by atoms with Crippen molar-refractivity contribution in [2.75, 3.05) is 7.11 Å². The maximum Gasteiger partial charge on any atom is 0.153 e. The fraction of sp³-hybridized carbons (Fsp3) is 0.250. The lowest BCUT2D eigenvalue weighted by Gasteiger charge is -2.12. The number of carbonyl (C=O) groups excluding carboxylic acids is 1. The zero-order valence-corrected chi connectivity index (χ0v) is 11.8. The summed E-state index contributed by atoms with van der Waals surface area (Å²) in [6.45, 7) is 4.10. The van der Waals surface area contributed by atoms with Gasteiger partial charge >= 0.3 is 0 Å². The summed E-state index contributed by atoms with van der Waals surface area (Å²) < 4.78 is 11.0. The van der Waals surface area contributed by atoms with Crippen molar-refractivity contribution in [3.8, 4) is 11.5 Å². The molecule has 0 unspecified atom stereocenters. The largest absolute Gasteiger partial charge is 0.497 e. The molecular formula is C16H17NO3. The van der Waals surface area contributed by atoms with Crippen LogP contribution in [0.3, 0.4) is 0 Å². The van der Waals surface area contributed by atoms with Gasteiger partial charge in [-0.15, -0.1) is 0 Å². The second-order valence-electron chi connectivity index (χ2n) is 4.54. The van der Waals surface area contributed by atoms with Gasteiger partial charge in [0.15, 0.2) is 6.29 Å². The molecule has 2 rings (SSSR count). The summed E-state index contributed by atoms with van der Waals surface area (Å²) in [5.41, 5.74) is 3.10. The van der Waals surface area contributed by atoms with Gasteiger partial charge in [0.2, 0.25) is 0 Å². The minimum Gasteiger partial charge on any atom is -0.497 e. The number of pyridine rings is 1. The van der Waals surface area contributed by atoms with Gasteiger partial charge in [0, 0.05) is 17.8 Å². The van der Waals surface area contributed by atoms with Gasteiger partial charge < -0.3 is 9.47 Å². The predicted molar refractivity (Wildman–Crippen MR) is 76.4 cm³/mol. The number of aromatic nitrogens is 1. The number of para-hydroxylation sites is 1. The first-order valence-electron chi connectivity index (χ1n) is 6.33. The Balaban J connectivity index is 2.21. The van der Waals surface area contributed by atoms with Crippen LogP contribution in [0.2, 0.25) is 0 Å². The van der Waals surface area contributed by atoms with E-state index in [1.807, 2.05) is 38.1 Å². The van der Waals surface area contributed by atoms with E-state index in [0.29, 0.717) is 17.9 Å². The van der Waals surface area contributed by atoms with E-state index < -0.39 is 0 Å². The topological polar surface area (TPSA) is 48.4 Å². The number of benzene rings is 1. The average Bonchev–Trinajstić information content (AvgIpc) is 2.45. The molecule has 0 bridgehead atoms. The summed E-state index contributed by atoms with van der Waals surface area (Å²) in [6.07, 6.45) is 0.798. The SMILES string of the molecule is COc1cc(C)nc(COc2c(C)cccc2C=O)c1. The van der Waals surface area contributed by atoms with E-state index in [2.05, 4.69) is 4.98 Å². The summed E-state index contributed by atoms with van der Waals surface area (Å²) in [6, 6.07) is 9.16. The smallest absolute Gasteiger partial charge is 0.153 e. The Bertz CT molecular complexity index is 623. The first-order chi connectivity index (χ1) is 9.63. The summed E-state index contributed by atoms with van der Waals surface area (Å²) in [5.74, 6) is 1.35. The highest BCUT2D eigenvalue weighted by Gasteiger charge is 2.08. The van der Waals surface area contributed by atoms with Gasteiger partial charge in [-0.2, -0.15) is 0 Å². The fourth-order valence-electron chi connectivity index (χ4n) is 2.01. The van der Waals surface area contributed by atoms with Gasteiger partial charge in [-0.05, 0) is 25.5 Å². The lowest BCUT2D eigenvalue weighted by Crippen LogP contribution is -2.03. The fourth-order valence-corrected chi connectivity index (χ4v) is 2.01. The van der Waals surface area contributed by atoms with Crippen LogP contribution >= 0.6 is 0 Å². The molecule has 4 nitrogen and oxygen atoms in total. The molecule has 0 saturated carbocycles. The molecule has 0 saturated heterocycles. The minimum atomic E-state index is 0.295. The molecular weight excluding hydrogens is 254 g/mol. The Morgan fingerprint density at radius 2 is 2.05 bits per heavy atom. The third-order valence-electron chi connectivity index (χ3n) is 2.95. The number of aldehydes is 1. The summed E-state index contributed by atoms with van der Waals surface area (Å²) in [7, 11) is 1.62. The molecule has 0 aliphatic carbocycles. The van der Waals surface area contributed by atoms with E-state index in [-0.39, 0.29) is 0 Å². The standard InChI is InChI=1S/C16H17NO3/c1-11-5-4-6-13(9-18)16(11)20-10-14-8-15(19-3)7-12(2)17-14/h4-9H,10H2,1-3H3. The van der Waals surface area contributed by atoms with Crippen LogP contribution < -0.4 is 9.47 Å². The maximum atomic E-state index is 11.0. The highest BCUT2D eigenvalue weighted by Crippen LogP contribution is 2.23. The Hall–Kier alpha value is -2.36. The third-order valence-corrected chi connectivity index (χ3v) is 2.95. The quantitative estimate of drug-likeness (QED) is 0.784. The molecule has 0 fully saturated rings. The van der Waals surface area contributed by atoms with E-state index in [9.17, 15) is 4.79 Å². The zero-order chi connectivity index (χ0) is 14.5. The molecule has 0 atom stereocenters. The van der Waals surface area contributed by atoms with Crippen LogP contribution in [-0.2, 0) is 6.61 Å². The van der Waals surface area contributed by atoms with Crippen LogP contribution in [0.15, 0.2) is 30.3 Å². The van der Waals surface area contributed by atoms with Crippen molar-refractivity contribution in [3.05, 3.63) is 52.8 Å². The average molecular weight is 271 g/mol. The van der Waals surface area contributed by atoms with E-state index in [4.69, 9.17) is 9.47 Å². The summed E-state index contributed by atoms with van der Waals surface area (Å²) in [4.78, 5) is 15.4. The Kier molecular flexibility index (Phi) is 4.35. The van der Waals surface area contributed by atoms with Gasteiger partial charge in [-0.3, -0.25) is 9.78 Å². The number of ether oxygens (including phenoxy) is 2. The summed E-state index contributed by atoms with van der Waals surface area (Å²) >= 11 is 0. The van der Waals surface area contributed by atoms with Crippen molar-refractivity contribution in [2.24, 2.45) is 0 Å². The lowest BCUT2D eigenvalue weighted by atomic mass is 10.1. The van der Waals surface area contributed by atoms with E-state index in [1.165, 1.54) is 0 Å². The lowest BCUT2D eigenvalue weighted by molar-refractivity contribution is 0.111. The number of methoxy groups -OCH3 is 1. The van der Waals surface area contributed by atoms with E-state index in [0.717, 1.165) is 29.0 Å². The van der Waals surface area contributed by atoms with Crippen molar-refractivity contribution in [1.29, 1.82) is 0 Å². The number of nitrogens with zero attached hydrogens (tertiary/aromatic N) is 1. The second kappa shape index (κ2) is 6.19. The Morgan fingerprint density at radius 3 is 2.75 bits per heavy atom. The first kappa shape index (κ1) is 14.1. The van der Waals surface area contributed by atoms with Gasteiger partial charge in [0.25, 0.3) is 0 Å². The predicted octanol–water partition coefficient (Wildman–Crippen LogP) is 3.10. The van der Waals surface area contributed by atoms with Crippen LogP contribution in [0.5, 0.6) is 11.5 Å². The first-order valence-corrected chi connectivity index (χ1v) is 6.33. The van der Waals surface area contributed by atoms with Crippen molar-refractivity contribution >= 4 is 6.29 Å². The number of aryl methyl sites for hydroxylation is 2. The van der Waals surface area contributed by atoms with Gasteiger partial charge in [0.1, 0.15) is 18.1 Å². The molecule has 0 amide bonds. The molecule has 1 aromatic heterocycles. The highest BCUT2D eigenvalue weighted by molar-refractivity contribution is 5.80. The number of hydrogen-bond donors (Lipinski definition) is 0. The maximum absolute atomic E-state index is 11.0. The Labute approximate surface area is 118 Å². The molecule has 4 heteroatoms. The molecule has 1 heterocycles. The van der Waals surface area contributed by atoms with Crippen LogP contribution in [0.25, 0.3) is 0 Å². The van der Waals surface area contributed by atoms with Gasteiger partial charge in [0.05, 0.1) is 18.4 Å². The minimum absolute atomic E-state index is 0.295. The molecule has 0 radical (unpaired) electrons. The van der Waals surface area contributed by atoms with E-state index >= 15 is 0 Å². The second-order valence-corrected chi connectivity index (χ2v) is 4.54. The molecule has 104 valence electrons. The Morgan fingerprint density at radius 1 is 1.25 bits per heavy atom. The van der Waals surface area contributed by atoms with E-state index in [1.54, 1.807) is 13.2 Å². The molecule has 0 spiro atoms.